The van der Waals surface area contributed by atoms with Crippen molar-refractivity contribution in [3.63, 3.8) is 0 Å². The van der Waals surface area contributed by atoms with E-state index in [0.29, 0.717) is 10.7 Å². The summed E-state index contributed by atoms with van der Waals surface area (Å²) in [5.41, 5.74) is 2.04. The number of carboxylic acids is 1. The lowest BCUT2D eigenvalue weighted by molar-refractivity contribution is -0.138. The second kappa shape index (κ2) is 5.48. The van der Waals surface area contributed by atoms with Gasteiger partial charge in [0.25, 0.3) is 0 Å². The highest BCUT2D eigenvalue weighted by atomic mass is 79.9. The van der Waals surface area contributed by atoms with Crippen LogP contribution in [0, 0.1) is 5.92 Å². The number of benzene rings is 1. The maximum atomic E-state index is 10.8. The molecule has 0 bridgehead atoms. The van der Waals surface area contributed by atoms with E-state index < -0.39 is 11.9 Å². The number of halogens is 1. The Balaban J connectivity index is 2.87. The molecule has 0 spiro atoms. The minimum Gasteiger partial charge on any atom is -0.481 e. The molecule has 0 amide bonds. The maximum absolute atomic E-state index is 10.8. The summed E-state index contributed by atoms with van der Waals surface area (Å²) in [6, 6.07) is 7.78. The van der Waals surface area contributed by atoms with Crippen LogP contribution in [0.5, 0.6) is 0 Å². The second-order valence-corrected chi connectivity index (χ2v) is 5.36. The average molecular weight is 285 g/mol. The van der Waals surface area contributed by atoms with Crippen LogP contribution in [-0.4, -0.2) is 11.1 Å². The highest BCUT2D eigenvalue weighted by molar-refractivity contribution is 9.09. The molecule has 1 N–H and O–H groups in total. The Hall–Kier alpha value is -0.830. The van der Waals surface area contributed by atoms with Gasteiger partial charge in [0.05, 0.1) is 5.92 Å². The van der Waals surface area contributed by atoms with Gasteiger partial charge in [-0.05, 0) is 24.0 Å². The number of hydrogen-bond acceptors (Lipinski definition) is 1. The van der Waals surface area contributed by atoms with Gasteiger partial charge in [-0.3, -0.25) is 4.79 Å². The van der Waals surface area contributed by atoms with Gasteiger partial charge in [-0.1, -0.05) is 54.0 Å². The fraction of sp³-hybridized carbons (Fsp3) is 0.462. The third-order valence-electron chi connectivity index (χ3n) is 2.71. The highest BCUT2D eigenvalue weighted by Crippen LogP contribution is 2.31. The molecule has 2 nitrogen and oxygen atoms in total. The van der Waals surface area contributed by atoms with Crippen molar-refractivity contribution < 1.29 is 9.90 Å². The molecule has 16 heavy (non-hydrogen) atoms. The Kier molecular flexibility index (Phi) is 4.54. The number of hydrogen-bond donors (Lipinski definition) is 1. The summed E-state index contributed by atoms with van der Waals surface area (Å²) in [5, 5.41) is 8.89. The summed E-state index contributed by atoms with van der Waals surface area (Å²) < 4.78 is 0. The quantitative estimate of drug-likeness (QED) is 0.850. The molecule has 0 aliphatic carbocycles. The van der Waals surface area contributed by atoms with Crippen molar-refractivity contribution in [2.24, 2.45) is 5.92 Å². The van der Waals surface area contributed by atoms with E-state index in [1.54, 1.807) is 6.92 Å². The first kappa shape index (κ1) is 13.2. The van der Waals surface area contributed by atoms with E-state index in [1.807, 2.05) is 24.3 Å². The van der Waals surface area contributed by atoms with E-state index in [9.17, 15) is 4.79 Å². The Labute approximate surface area is 105 Å². The SMILES string of the molecule is CC(C(=O)O)c1ccc(C(Br)C(C)C)cc1. The molecule has 0 saturated heterocycles. The lowest BCUT2D eigenvalue weighted by Gasteiger charge is -2.15. The summed E-state index contributed by atoms with van der Waals surface area (Å²) in [5.74, 6) is -0.711. The van der Waals surface area contributed by atoms with Crippen molar-refractivity contribution in [2.45, 2.75) is 31.5 Å². The van der Waals surface area contributed by atoms with Crippen LogP contribution in [0.2, 0.25) is 0 Å². The Bertz CT molecular complexity index is 357. The van der Waals surface area contributed by atoms with E-state index in [1.165, 1.54) is 5.56 Å². The number of aliphatic carboxylic acids is 1. The summed E-state index contributed by atoms with van der Waals surface area (Å²) in [7, 11) is 0. The van der Waals surface area contributed by atoms with E-state index in [2.05, 4.69) is 29.8 Å². The summed E-state index contributed by atoms with van der Waals surface area (Å²) in [6.45, 7) is 5.99. The lowest BCUT2D eigenvalue weighted by atomic mass is 9.97. The van der Waals surface area contributed by atoms with Gasteiger partial charge in [0.15, 0.2) is 0 Å². The van der Waals surface area contributed by atoms with Crippen LogP contribution >= 0.6 is 15.9 Å². The van der Waals surface area contributed by atoms with Crippen molar-refractivity contribution in [1.29, 1.82) is 0 Å². The van der Waals surface area contributed by atoms with Gasteiger partial charge in [0, 0.05) is 4.83 Å². The molecular formula is C13H17BrO2. The first-order chi connectivity index (χ1) is 7.43. The second-order valence-electron chi connectivity index (χ2n) is 4.37. The normalized spacial score (nSPS) is 14.8. The molecule has 0 fully saturated rings. The zero-order valence-corrected chi connectivity index (χ0v) is 11.4. The van der Waals surface area contributed by atoms with Crippen LogP contribution in [0.1, 0.15) is 42.6 Å². The van der Waals surface area contributed by atoms with Crippen LogP contribution in [0.25, 0.3) is 0 Å². The molecule has 1 rings (SSSR count). The van der Waals surface area contributed by atoms with Gasteiger partial charge in [0.2, 0.25) is 0 Å². The number of carboxylic acid groups (broad SMARTS) is 1. The molecule has 88 valence electrons. The van der Waals surface area contributed by atoms with E-state index in [4.69, 9.17) is 5.11 Å². The van der Waals surface area contributed by atoms with Crippen LogP contribution in [0.3, 0.4) is 0 Å². The van der Waals surface area contributed by atoms with Crippen LogP contribution < -0.4 is 0 Å². The van der Waals surface area contributed by atoms with Crippen LogP contribution in [-0.2, 0) is 4.79 Å². The monoisotopic (exact) mass is 284 g/mol. The van der Waals surface area contributed by atoms with Crippen molar-refractivity contribution in [1.82, 2.24) is 0 Å². The maximum Gasteiger partial charge on any atom is 0.310 e. The fourth-order valence-electron chi connectivity index (χ4n) is 1.50. The molecule has 2 unspecified atom stereocenters. The third-order valence-corrected chi connectivity index (χ3v) is 4.30. The smallest absolute Gasteiger partial charge is 0.310 e. The molecule has 0 heterocycles. The predicted octanol–water partition coefficient (Wildman–Crippen LogP) is 3.97. The zero-order chi connectivity index (χ0) is 12.3. The molecule has 3 heteroatoms. The first-order valence-electron chi connectivity index (χ1n) is 5.40. The van der Waals surface area contributed by atoms with Gasteiger partial charge in [0.1, 0.15) is 0 Å². The summed E-state index contributed by atoms with van der Waals surface area (Å²) >= 11 is 3.62. The van der Waals surface area contributed by atoms with Crippen LogP contribution in [0.4, 0.5) is 0 Å². The Morgan fingerprint density at radius 3 is 1.94 bits per heavy atom. The molecule has 1 aromatic carbocycles. The van der Waals surface area contributed by atoms with Gasteiger partial charge >= 0.3 is 5.97 Å². The lowest BCUT2D eigenvalue weighted by Crippen LogP contribution is -2.07. The van der Waals surface area contributed by atoms with E-state index >= 15 is 0 Å². The molecule has 0 aromatic heterocycles. The van der Waals surface area contributed by atoms with Crippen molar-refractivity contribution >= 4 is 21.9 Å². The zero-order valence-electron chi connectivity index (χ0n) is 9.77. The summed E-state index contributed by atoms with van der Waals surface area (Å²) in [4.78, 5) is 11.1. The number of alkyl halides is 1. The van der Waals surface area contributed by atoms with Crippen molar-refractivity contribution in [3.05, 3.63) is 35.4 Å². The molecule has 0 aliphatic heterocycles. The highest BCUT2D eigenvalue weighted by Gasteiger charge is 2.15. The largest absolute Gasteiger partial charge is 0.481 e. The molecule has 2 atom stereocenters. The predicted molar refractivity (Wildman–Crippen MR) is 69.0 cm³/mol. The van der Waals surface area contributed by atoms with Gasteiger partial charge < -0.3 is 5.11 Å². The number of carbonyl (C=O) groups is 1. The average Bonchev–Trinajstić information content (AvgIpc) is 2.27. The minimum absolute atomic E-state index is 0.321. The molecule has 0 radical (unpaired) electrons. The summed E-state index contributed by atoms with van der Waals surface area (Å²) in [6.07, 6.45) is 0. The Morgan fingerprint density at radius 1 is 1.12 bits per heavy atom. The molecular weight excluding hydrogens is 268 g/mol. The topological polar surface area (TPSA) is 37.3 Å². The molecule has 1 aromatic rings. The van der Waals surface area contributed by atoms with Crippen LogP contribution in [0.15, 0.2) is 24.3 Å². The molecule has 0 aliphatic rings. The van der Waals surface area contributed by atoms with Gasteiger partial charge in [-0.2, -0.15) is 0 Å². The van der Waals surface area contributed by atoms with E-state index in [0.717, 1.165) is 5.56 Å². The van der Waals surface area contributed by atoms with E-state index in [-0.39, 0.29) is 0 Å². The third kappa shape index (κ3) is 3.08. The minimum atomic E-state index is -0.785. The van der Waals surface area contributed by atoms with Crippen molar-refractivity contribution in [3.8, 4) is 0 Å². The van der Waals surface area contributed by atoms with Crippen molar-refractivity contribution in [2.75, 3.05) is 0 Å². The van der Waals surface area contributed by atoms with Gasteiger partial charge in [-0.25, -0.2) is 0 Å². The Morgan fingerprint density at radius 2 is 1.56 bits per heavy atom. The fourth-order valence-corrected chi connectivity index (χ4v) is 1.80. The number of rotatable bonds is 4. The van der Waals surface area contributed by atoms with Gasteiger partial charge in [-0.15, -0.1) is 0 Å². The molecule has 0 saturated carbocycles. The standard InChI is InChI=1S/C13H17BrO2/c1-8(2)12(14)11-6-4-10(5-7-11)9(3)13(15)16/h4-9,12H,1-3H3,(H,15,16). The first-order valence-corrected chi connectivity index (χ1v) is 6.31.